The maximum atomic E-state index is 6.04. The summed E-state index contributed by atoms with van der Waals surface area (Å²) < 4.78 is 6.42. The minimum atomic E-state index is 0.483. The normalized spacial score (nSPS) is 10.2. The molecular weight excluding hydrogens is 302 g/mol. The SMILES string of the molecule is Nc1cc(Cl)c(OCc2ccccc2)cc1Br. The molecule has 0 aliphatic heterocycles. The van der Waals surface area contributed by atoms with E-state index in [1.165, 1.54) is 0 Å². The summed E-state index contributed by atoms with van der Waals surface area (Å²) in [7, 11) is 0. The van der Waals surface area contributed by atoms with Gasteiger partial charge in [-0.1, -0.05) is 41.9 Å². The van der Waals surface area contributed by atoms with E-state index in [1.54, 1.807) is 12.1 Å². The lowest BCUT2D eigenvalue weighted by Crippen LogP contribution is -1.96. The van der Waals surface area contributed by atoms with Gasteiger partial charge in [0.15, 0.2) is 0 Å². The molecule has 0 amide bonds. The Kier molecular flexibility index (Phi) is 3.92. The van der Waals surface area contributed by atoms with Crippen LogP contribution in [0.1, 0.15) is 5.56 Å². The average molecular weight is 313 g/mol. The quantitative estimate of drug-likeness (QED) is 0.859. The number of hydrogen-bond donors (Lipinski definition) is 1. The van der Waals surface area contributed by atoms with Gasteiger partial charge in [0.05, 0.1) is 5.02 Å². The van der Waals surface area contributed by atoms with E-state index in [2.05, 4.69) is 15.9 Å². The van der Waals surface area contributed by atoms with Crippen LogP contribution in [-0.2, 0) is 6.61 Å². The van der Waals surface area contributed by atoms with Gasteiger partial charge in [0.25, 0.3) is 0 Å². The molecule has 0 bridgehead atoms. The molecule has 4 heteroatoms. The smallest absolute Gasteiger partial charge is 0.139 e. The molecule has 2 N–H and O–H groups in total. The molecule has 2 rings (SSSR count). The third kappa shape index (κ3) is 3.14. The predicted octanol–water partition coefficient (Wildman–Crippen LogP) is 4.26. The number of hydrogen-bond acceptors (Lipinski definition) is 2. The van der Waals surface area contributed by atoms with E-state index >= 15 is 0 Å². The highest BCUT2D eigenvalue weighted by Crippen LogP contribution is 2.33. The van der Waals surface area contributed by atoms with Crippen molar-refractivity contribution in [2.45, 2.75) is 6.61 Å². The largest absolute Gasteiger partial charge is 0.487 e. The zero-order valence-corrected chi connectivity index (χ0v) is 11.3. The van der Waals surface area contributed by atoms with Crippen molar-refractivity contribution < 1.29 is 4.74 Å². The first-order valence-corrected chi connectivity index (χ1v) is 6.25. The maximum Gasteiger partial charge on any atom is 0.139 e. The highest BCUT2D eigenvalue weighted by molar-refractivity contribution is 9.10. The Morgan fingerprint density at radius 1 is 1.18 bits per heavy atom. The number of benzene rings is 2. The minimum absolute atomic E-state index is 0.483. The summed E-state index contributed by atoms with van der Waals surface area (Å²) in [6, 6.07) is 13.4. The van der Waals surface area contributed by atoms with Gasteiger partial charge in [-0.05, 0) is 33.6 Å². The summed E-state index contributed by atoms with van der Waals surface area (Å²) in [5.41, 5.74) is 7.40. The Morgan fingerprint density at radius 2 is 1.88 bits per heavy atom. The van der Waals surface area contributed by atoms with Gasteiger partial charge in [-0.3, -0.25) is 0 Å². The van der Waals surface area contributed by atoms with Gasteiger partial charge in [-0.15, -0.1) is 0 Å². The second-order valence-electron chi connectivity index (χ2n) is 3.58. The van der Waals surface area contributed by atoms with Crippen LogP contribution >= 0.6 is 27.5 Å². The van der Waals surface area contributed by atoms with E-state index in [0.29, 0.717) is 23.1 Å². The second-order valence-corrected chi connectivity index (χ2v) is 4.84. The van der Waals surface area contributed by atoms with Crippen LogP contribution in [0.4, 0.5) is 5.69 Å². The molecule has 0 aromatic heterocycles. The maximum absolute atomic E-state index is 6.04. The van der Waals surface area contributed by atoms with Crippen molar-refractivity contribution in [1.29, 1.82) is 0 Å². The van der Waals surface area contributed by atoms with Crippen LogP contribution in [-0.4, -0.2) is 0 Å². The topological polar surface area (TPSA) is 35.2 Å². The summed E-state index contributed by atoms with van der Waals surface area (Å²) in [5.74, 6) is 0.622. The monoisotopic (exact) mass is 311 g/mol. The fraction of sp³-hybridized carbons (Fsp3) is 0.0769. The van der Waals surface area contributed by atoms with Crippen LogP contribution in [0.2, 0.25) is 5.02 Å². The van der Waals surface area contributed by atoms with Crippen molar-refractivity contribution in [3.05, 3.63) is 57.5 Å². The Labute approximate surface area is 113 Å². The molecule has 2 nitrogen and oxygen atoms in total. The number of anilines is 1. The molecule has 2 aromatic rings. The van der Waals surface area contributed by atoms with E-state index in [4.69, 9.17) is 22.1 Å². The van der Waals surface area contributed by atoms with Crippen LogP contribution in [0, 0.1) is 0 Å². The van der Waals surface area contributed by atoms with Crippen LogP contribution in [0.25, 0.3) is 0 Å². The first-order valence-electron chi connectivity index (χ1n) is 5.08. The van der Waals surface area contributed by atoms with Gasteiger partial charge < -0.3 is 10.5 Å². The molecular formula is C13H11BrClNO. The average Bonchev–Trinajstić information content (AvgIpc) is 2.33. The molecule has 0 atom stereocenters. The number of ether oxygens (including phenoxy) is 1. The highest BCUT2D eigenvalue weighted by atomic mass is 79.9. The molecule has 0 unspecified atom stereocenters. The number of nitrogen functional groups attached to an aromatic ring is 1. The van der Waals surface area contributed by atoms with Crippen molar-refractivity contribution in [3.63, 3.8) is 0 Å². The Hall–Kier alpha value is -1.19. The zero-order valence-electron chi connectivity index (χ0n) is 8.99. The number of halogens is 2. The van der Waals surface area contributed by atoms with Gasteiger partial charge in [0, 0.05) is 10.2 Å². The molecule has 0 saturated carbocycles. The fourth-order valence-electron chi connectivity index (χ4n) is 1.39. The molecule has 0 heterocycles. The van der Waals surface area contributed by atoms with Crippen LogP contribution < -0.4 is 10.5 Å². The van der Waals surface area contributed by atoms with Crippen molar-refractivity contribution >= 4 is 33.2 Å². The lowest BCUT2D eigenvalue weighted by atomic mass is 10.2. The van der Waals surface area contributed by atoms with Crippen LogP contribution in [0.15, 0.2) is 46.9 Å². The third-order valence-electron chi connectivity index (χ3n) is 2.29. The van der Waals surface area contributed by atoms with Gasteiger partial charge in [0.2, 0.25) is 0 Å². The molecule has 0 fully saturated rings. The van der Waals surface area contributed by atoms with Crippen LogP contribution in [0.5, 0.6) is 5.75 Å². The first-order chi connectivity index (χ1) is 8.16. The van der Waals surface area contributed by atoms with Crippen LogP contribution in [0.3, 0.4) is 0 Å². The van der Waals surface area contributed by atoms with Crippen molar-refractivity contribution in [2.75, 3.05) is 5.73 Å². The molecule has 0 aliphatic carbocycles. The van der Waals surface area contributed by atoms with E-state index in [-0.39, 0.29) is 0 Å². The zero-order chi connectivity index (χ0) is 12.3. The molecule has 0 aliphatic rings. The van der Waals surface area contributed by atoms with Crippen molar-refractivity contribution in [1.82, 2.24) is 0 Å². The first kappa shape index (κ1) is 12.3. The summed E-state index contributed by atoms with van der Waals surface area (Å²) in [4.78, 5) is 0. The molecule has 0 spiro atoms. The van der Waals surface area contributed by atoms with Crippen molar-refractivity contribution in [3.8, 4) is 5.75 Å². The summed E-state index contributed by atoms with van der Waals surface area (Å²) in [5, 5.41) is 0.515. The lowest BCUT2D eigenvalue weighted by molar-refractivity contribution is 0.306. The third-order valence-corrected chi connectivity index (χ3v) is 3.27. The molecule has 2 aromatic carbocycles. The number of nitrogens with two attached hydrogens (primary N) is 1. The predicted molar refractivity (Wildman–Crippen MR) is 74.3 cm³/mol. The highest BCUT2D eigenvalue weighted by Gasteiger charge is 2.06. The van der Waals surface area contributed by atoms with Gasteiger partial charge in [-0.25, -0.2) is 0 Å². The molecule has 88 valence electrons. The fourth-order valence-corrected chi connectivity index (χ4v) is 1.94. The Balaban J connectivity index is 2.12. The van der Waals surface area contributed by atoms with Crippen molar-refractivity contribution in [2.24, 2.45) is 0 Å². The Morgan fingerprint density at radius 3 is 2.59 bits per heavy atom. The van der Waals surface area contributed by atoms with E-state index < -0.39 is 0 Å². The molecule has 0 saturated heterocycles. The second kappa shape index (κ2) is 5.43. The van der Waals surface area contributed by atoms with E-state index in [1.807, 2.05) is 30.3 Å². The van der Waals surface area contributed by atoms with E-state index in [9.17, 15) is 0 Å². The van der Waals surface area contributed by atoms with E-state index in [0.717, 1.165) is 10.0 Å². The number of rotatable bonds is 3. The Bertz CT molecular complexity index is 516. The summed E-state index contributed by atoms with van der Waals surface area (Å²) in [6.45, 7) is 0.483. The summed E-state index contributed by atoms with van der Waals surface area (Å²) >= 11 is 9.38. The van der Waals surface area contributed by atoms with Gasteiger partial charge in [-0.2, -0.15) is 0 Å². The standard InChI is InChI=1S/C13H11BrClNO/c14-10-6-13(11(15)7-12(10)16)17-8-9-4-2-1-3-5-9/h1-7H,8,16H2. The van der Waals surface area contributed by atoms with Gasteiger partial charge >= 0.3 is 0 Å². The lowest BCUT2D eigenvalue weighted by Gasteiger charge is -2.09. The molecule has 17 heavy (non-hydrogen) atoms. The van der Waals surface area contributed by atoms with Gasteiger partial charge in [0.1, 0.15) is 12.4 Å². The molecule has 0 radical (unpaired) electrons. The minimum Gasteiger partial charge on any atom is -0.487 e. The summed E-state index contributed by atoms with van der Waals surface area (Å²) in [6.07, 6.45) is 0.